The summed E-state index contributed by atoms with van der Waals surface area (Å²) in [4.78, 5) is 49.6. The molecule has 0 aliphatic rings. The molecule has 11 nitrogen and oxygen atoms in total. The maximum atomic E-state index is 12.8. The summed E-state index contributed by atoms with van der Waals surface area (Å²) >= 11 is 5.92. The number of amides is 2. The van der Waals surface area contributed by atoms with Gasteiger partial charge in [-0.25, -0.2) is 4.98 Å². The van der Waals surface area contributed by atoms with Crippen LogP contribution in [0.1, 0.15) is 35.3 Å². The Kier molecular flexibility index (Phi) is 11.9. The number of nitrogens with zero attached hydrogens (tertiary/aromatic N) is 3. The molecule has 0 fully saturated rings. The number of benzene rings is 2. The van der Waals surface area contributed by atoms with Crippen molar-refractivity contribution in [2.24, 2.45) is 5.41 Å². The second kappa shape index (κ2) is 16.0. The molecule has 0 bridgehead atoms. The standard InChI is InChI=1S/C33H33ClF3N7O4/c1-32(2,19-41-30(47)25(45)14-21-6-4-3-5-7-21)18-40-29(46)23-10-13-26(39-17-23)42-28-15-27(38-16-22-8-11-24(34)12-9-22)43-31(44-28)48-20-33(35,36)37/h3-13,15,17H,14,16,18-20H2,1-2H3,(H,40,46)(H,41,47)(H2,38,39,42,43,44). The summed E-state index contributed by atoms with van der Waals surface area (Å²) < 4.78 is 43.1. The lowest BCUT2D eigenvalue weighted by Crippen LogP contribution is -2.44. The van der Waals surface area contributed by atoms with Crippen molar-refractivity contribution in [1.82, 2.24) is 25.6 Å². The number of hydrogen-bond donors (Lipinski definition) is 4. The number of pyridine rings is 1. The first kappa shape index (κ1) is 35.6. The van der Waals surface area contributed by atoms with Crippen molar-refractivity contribution in [1.29, 1.82) is 0 Å². The lowest BCUT2D eigenvalue weighted by Gasteiger charge is -2.25. The maximum absolute atomic E-state index is 12.8. The van der Waals surface area contributed by atoms with Crippen molar-refractivity contribution in [3.8, 4) is 6.01 Å². The van der Waals surface area contributed by atoms with E-state index in [2.05, 4.69) is 36.2 Å². The first-order chi connectivity index (χ1) is 22.7. The van der Waals surface area contributed by atoms with Gasteiger partial charge in [-0.15, -0.1) is 0 Å². The zero-order valence-electron chi connectivity index (χ0n) is 26.0. The van der Waals surface area contributed by atoms with E-state index in [9.17, 15) is 27.6 Å². The molecule has 2 aromatic heterocycles. The quantitative estimate of drug-likeness (QED) is 0.119. The number of aromatic nitrogens is 3. The zero-order valence-corrected chi connectivity index (χ0v) is 26.8. The summed E-state index contributed by atoms with van der Waals surface area (Å²) in [5, 5.41) is 11.9. The summed E-state index contributed by atoms with van der Waals surface area (Å²) in [6, 6.07) is 19.9. The van der Waals surface area contributed by atoms with Crippen LogP contribution in [-0.4, -0.2) is 58.4 Å². The molecule has 2 amide bonds. The van der Waals surface area contributed by atoms with E-state index in [1.165, 1.54) is 24.4 Å². The normalized spacial score (nSPS) is 11.4. The topological polar surface area (TPSA) is 147 Å². The molecule has 252 valence electrons. The molecular weight excluding hydrogens is 651 g/mol. The van der Waals surface area contributed by atoms with Crippen molar-refractivity contribution in [2.75, 3.05) is 30.3 Å². The summed E-state index contributed by atoms with van der Waals surface area (Å²) in [6.45, 7) is 2.71. The first-order valence-corrected chi connectivity index (χ1v) is 15.1. The van der Waals surface area contributed by atoms with E-state index in [1.54, 1.807) is 48.5 Å². The predicted octanol–water partition coefficient (Wildman–Crippen LogP) is 5.51. The average molecular weight is 684 g/mol. The Morgan fingerprint density at radius 3 is 2.19 bits per heavy atom. The van der Waals surface area contributed by atoms with E-state index in [1.807, 2.05) is 19.9 Å². The molecule has 0 radical (unpaired) electrons. The van der Waals surface area contributed by atoms with Crippen LogP contribution in [0.2, 0.25) is 5.02 Å². The van der Waals surface area contributed by atoms with Crippen LogP contribution < -0.4 is 26.0 Å². The van der Waals surface area contributed by atoms with Crippen molar-refractivity contribution in [3.63, 3.8) is 0 Å². The largest absolute Gasteiger partial charge is 0.454 e. The Labute approximate surface area is 279 Å². The fraction of sp³-hybridized carbons (Fsp3) is 0.273. The van der Waals surface area contributed by atoms with Crippen LogP contribution in [0.4, 0.5) is 30.6 Å². The number of rotatable bonds is 15. The minimum Gasteiger partial charge on any atom is -0.454 e. The first-order valence-electron chi connectivity index (χ1n) is 14.7. The third-order valence-electron chi connectivity index (χ3n) is 6.66. The van der Waals surface area contributed by atoms with Gasteiger partial charge in [0.15, 0.2) is 6.61 Å². The predicted molar refractivity (Wildman–Crippen MR) is 174 cm³/mol. The maximum Gasteiger partial charge on any atom is 0.422 e. The SMILES string of the molecule is CC(C)(CNC(=O)C(=O)Cc1ccccc1)CNC(=O)c1ccc(Nc2cc(NCc3ccc(Cl)cc3)nc(OCC(F)(F)F)n2)nc1. The molecule has 15 heteroatoms. The smallest absolute Gasteiger partial charge is 0.422 e. The third kappa shape index (κ3) is 11.8. The van der Waals surface area contributed by atoms with E-state index in [0.717, 1.165) is 11.1 Å². The highest BCUT2D eigenvalue weighted by Crippen LogP contribution is 2.23. The number of nitrogens with one attached hydrogen (secondary N) is 4. The van der Waals surface area contributed by atoms with E-state index in [4.69, 9.17) is 16.3 Å². The number of Topliss-reactive ketones (excluding diaryl/α,β-unsaturated/α-hetero) is 1. The van der Waals surface area contributed by atoms with Gasteiger partial charge in [0.05, 0.1) is 5.56 Å². The minimum atomic E-state index is -4.59. The minimum absolute atomic E-state index is 0.00567. The Balaban J connectivity index is 1.32. The molecule has 4 N–H and O–H groups in total. The molecule has 0 saturated carbocycles. The molecule has 0 spiro atoms. The number of ether oxygens (including phenoxy) is 1. The highest BCUT2D eigenvalue weighted by Gasteiger charge is 2.29. The number of anilines is 3. The van der Waals surface area contributed by atoms with Gasteiger partial charge < -0.3 is 26.0 Å². The summed E-state index contributed by atoms with van der Waals surface area (Å²) in [7, 11) is 0. The molecule has 0 aliphatic carbocycles. The molecule has 2 aromatic carbocycles. The molecular formula is C33H33ClF3N7O4. The van der Waals surface area contributed by atoms with E-state index in [0.29, 0.717) is 11.6 Å². The number of carbonyl (C=O) groups excluding carboxylic acids is 3. The van der Waals surface area contributed by atoms with Crippen molar-refractivity contribution in [3.05, 3.63) is 101 Å². The van der Waals surface area contributed by atoms with E-state index >= 15 is 0 Å². The van der Waals surface area contributed by atoms with E-state index < -0.39 is 41.8 Å². The molecule has 2 heterocycles. The lowest BCUT2D eigenvalue weighted by atomic mass is 9.93. The Hall–Kier alpha value is -5.24. The van der Waals surface area contributed by atoms with Crippen LogP contribution in [0.15, 0.2) is 79.0 Å². The molecule has 4 aromatic rings. The summed E-state index contributed by atoms with van der Waals surface area (Å²) in [5.74, 6) is -1.14. The van der Waals surface area contributed by atoms with Crippen LogP contribution >= 0.6 is 11.6 Å². The molecule has 48 heavy (non-hydrogen) atoms. The second-order valence-electron chi connectivity index (χ2n) is 11.5. The van der Waals surface area contributed by atoms with Gasteiger partial charge >= 0.3 is 12.2 Å². The molecule has 4 rings (SSSR count). The number of ketones is 1. The molecule has 0 aliphatic heterocycles. The molecule has 0 unspecified atom stereocenters. The summed E-state index contributed by atoms with van der Waals surface area (Å²) in [5.41, 5.74) is 1.25. The van der Waals surface area contributed by atoms with Crippen LogP contribution in [0.25, 0.3) is 0 Å². The zero-order chi connectivity index (χ0) is 34.7. The van der Waals surface area contributed by atoms with Gasteiger partial charge in [-0.1, -0.05) is 67.9 Å². The highest BCUT2D eigenvalue weighted by atomic mass is 35.5. The van der Waals surface area contributed by atoms with Gasteiger partial charge in [0.25, 0.3) is 11.8 Å². The van der Waals surface area contributed by atoms with Gasteiger partial charge in [-0.2, -0.15) is 23.1 Å². The fourth-order valence-electron chi connectivity index (χ4n) is 4.08. The number of carbonyl (C=O) groups is 3. The van der Waals surface area contributed by atoms with Crippen molar-refractivity contribution in [2.45, 2.75) is 33.0 Å². The highest BCUT2D eigenvalue weighted by molar-refractivity contribution is 6.36. The van der Waals surface area contributed by atoms with Gasteiger partial charge in [0, 0.05) is 43.3 Å². The van der Waals surface area contributed by atoms with Crippen LogP contribution in [0.5, 0.6) is 6.01 Å². The van der Waals surface area contributed by atoms with Gasteiger partial charge in [-0.3, -0.25) is 14.4 Å². The third-order valence-corrected chi connectivity index (χ3v) is 6.91. The average Bonchev–Trinajstić information content (AvgIpc) is 3.05. The monoisotopic (exact) mass is 683 g/mol. The Bertz CT molecular complexity index is 1710. The molecule has 0 atom stereocenters. The number of alkyl halides is 3. The van der Waals surface area contributed by atoms with Gasteiger partial charge in [0.1, 0.15) is 17.5 Å². The second-order valence-corrected chi connectivity index (χ2v) is 11.9. The number of halogens is 4. The number of hydrogen-bond acceptors (Lipinski definition) is 9. The summed E-state index contributed by atoms with van der Waals surface area (Å²) in [6.07, 6.45) is -3.28. The van der Waals surface area contributed by atoms with Crippen molar-refractivity contribution >= 4 is 46.7 Å². The van der Waals surface area contributed by atoms with Crippen molar-refractivity contribution < 1.29 is 32.3 Å². The van der Waals surface area contributed by atoms with Gasteiger partial charge in [-0.05, 0) is 40.8 Å². The van der Waals surface area contributed by atoms with Crippen LogP contribution in [0.3, 0.4) is 0 Å². The lowest BCUT2D eigenvalue weighted by molar-refractivity contribution is -0.154. The Morgan fingerprint density at radius 1 is 0.833 bits per heavy atom. The van der Waals surface area contributed by atoms with E-state index in [-0.39, 0.29) is 42.5 Å². The van der Waals surface area contributed by atoms with Crippen LogP contribution in [0, 0.1) is 5.41 Å². The molecule has 0 saturated heterocycles. The fourth-order valence-corrected chi connectivity index (χ4v) is 4.21. The Morgan fingerprint density at radius 2 is 1.52 bits per heavy atom. The van der Waals surface area contributed by atoms with Crippen LogP contribution in [-0.2, 0) is 22.6 Å². The van der Waals surface area contributed by atoms with Gasteiger partial charge in [0.2, 0.25) is 5.78 Å².